The van der Waals surface area contributed by atoms with Gasteiger partial charge in [-0.25, -0.2) is 14.3 Å². The van der Waals surface area contributed by atoms with Crippen molar-refractivity contribution in [2.75, 3.05) is 6.61 Å². The van der Waals surface area contributed by atoms with E-state index in [-0.39, 0.29) is 48.5 Å². The van der Waals surface area contributed by atoms with Crippen molar-refractivity contribution in [3.63, 3.8) is 0 Å². The Hall–Kier alpha value is -2.16. The Morgan fingerprint density at radius 1 is 0.773 bits per heavy atom. The quantitative estimate of drug-likeness (QED) is 0.0897. The van der Waals surface area contributed by atoms with E-state index in [9.17, 15) is 9.59 Å². The molecular formula is C37H59IN2O4. The molecule has 0 N–H and O–H groups in total. The highest BCUT2D eigenvalue weighted by molar-refractivity contribution is 5.90. The summed E-state index contributed by atoms with van der Waals surface area (Å²) in [6.45, 7) is 14.2. The van der Waals surface area contributed by atoms with E-state index >= 15 is 0 Å². The average Bonchev–Trinajstić information content (AvgIpc) is 2.97. The van der Waals surface area contributed by atoms with Gasteiger partial charge in [-0.1, -0.05) is 111 Å². The summed E-state index contributed by atoms with van der Waals surface area (Å²) in [5.41, 5.74) is 2.72. The third-order valence-electron chi connectivity index (χ3n) is 7.85. The van der Waals surface area contributed by atoms with Crippen LogP contribution in [0.3, 0.4) is 0 Å². The minimum Gasteiger partial charge on any atom is -1.00 e. The van der Waals surface area contributed by atoms with Gasteiger partial charge in [0.25, 0.3) is 0 Å². The molecule has 44 heavy (non-hydrogen) atoms. The lowest BCUT2D eigenvalue weighted by Crippen LogP contribution is -3.00. The molecule has 0 saturated carbocycles. The molecule has 0 aliphatic rings. The number of rotatable bonds is 20. The SMILES string of the molecule is CCCCCCCCCCCCCCOc1ccc(COC(=O)N(Cc2cc[n+](CCC)cc2)C(C)=O)cc1C(C)(C)C.[I-]. The number of amides is 2. The molecule has 0 bridgehead atoms. The van der Waals surface area contributed by atoms with Gasteiger partial charge in [-0.05, 0) is 40.7 Å². The molecule has 0 aliphatic carbocycles. The second-order valence-electron chi connectivity index (χ2n) is 12.9. The molecule has 1 aromatic carbocycles. The molecule has 248 valence electrons. The van der Waals surface area contributed by atoms with E-state index in [4.69, 9.17) is 9.47 Å². The molecule has 2 rings (SSSR count). The van der Waals surface area contributed by atoms with Crippen molar-refractivity contribution in [2.24, 2.45) is 0 Å². The number of pyridine rings is 1. The van der Waals surface area contributed by atoms with Crippen molar-refractivity contribution in [3.8, 4) is 5.75 Å². The standard InChI is InChI=1S/C37H59N2O4.HI/c1-7-9-10-11-12-13-14-15-16-17-18-19-27-42-35-21-20-33(28-34(35)37(4,5)6)30-43-36(41)39(31(3)40)29-32-22-25-38(24-8-2)26-23-32;/h20-23,25-26,28H,7-19,24,27,29-30H2,1-6H3;1H/q+1;/p-1. The number of ether oxygens (including phenoxy) is 2. The second kappa shape index (κ2) is 22.4. The summed E-state index contributed by atoms with van der Waals surface area (Å²) in [6.07, 6.45) is 20.2. The molecular weight excluding hydrogens is 663 g/mol. The molecule has 0 radical (unpaired) electrons. The number of aryl methyl sites for hydroxylation is 1. The number of benzene rings is 1. The summed E-state index contributed by atoms with van der Waals surface area (Å²) >= 11 is 0. The predicted molar refractivity (Wildman–Crippen MR) is 175 cm³/mol. The average molecular weight is 723 g/mol. The Kier molecular flexibility index (Phi) is 20.3. The third-order valence-corrected chi connectivity index (χ3v) is 7.85. The molecule has 0 spiro atoms. The predicted octanol–water partition coefficient (Wildman–Crippen LogP) is 6.45. The van der Waals surface area contributed by atoms with Crippen LogP contribution >= 0.6 is 0 Å². The van der Waals surface area contributed by atoms with E-state index < -0.39 is 6.09 Å². The monoisotopic (exact) mass is 722 g/mol. The van der Waals surface area contributed by atoms with Crippen LogP contribution in [0.1, 0.15) is 142 Å². The minimum atomic E-state index is -0.637. The summed E-state index contributed by atoms with van der Waals surface area (Å²) in [6, 6.07) is 9.87. The molecule has 0 aliphatic heterocycles. The van der Waals surface area contributed by atoms with Crippen molar-refractivity contribution >= 4 is 12.0 Å². The molecule has 6 nitrogen and oxygen atoms in total. The van der Waals surface area contributed by atoms with Crippen molar-refractivity contribution in [2.45, 2.75) is 150 Å². The van der Waals surface area contributed by atoms with Crippen LogP contribution in [0.4, 0.5) is 4.79 Å². The third kappa shape index (κ3) is 15.7. The molecule has 0 atom stereocenters. The van der Waals surface area contributed by atoms with Crippen LogP contribution < -0.4 is 33.3 Å². The van der Waals surface area contributed by atoms with Crippen LogP contribution in [-0.2, 0) is 34.6 Å². The van der Waals surface area contributed by atoms with E-state index in [2.05, 4.69) is 45.3 Å². The Morgan fingerprint density at radius 2 is 1.34 bits per heavy atom. The van der Waals surface area contributed by atoms with Crippen LogP contribution in [-0.4, -0.2) is 23.5 Å². The van der Waals surface area contributed by atoms with E-state index in [1.807, 2.05) is 36.7 Å². The van der Waals surface area contributed by atoms with Gasteiger partial charge in [-0.2, -0.15) is 0 Å². The number of carbonyl (C=O) groups excluding carboxylic acids is 2. The van der Waals surface area contributed by atoms with Crippen LogP contribution in [0.2, 0.25) is 0 Å². The molecule has 7 heteroatoms. The van der Waals surface area contributed by atoms with Crippen LogP contribution in [0.15, 0.2) is 42.7 Å². The van der Waals surface area contributed by atoms with E-state index in [0.29, 0.717) is 6.61 Å². The molecule has 1 heterocycles. The van der Waals surface area contributed by atoms with Gasteiger partial charge in [0.2, 0.25) is 5.91 Å². The van der Waals surface area contributed by atoms with Crippen LogP contribution in [0.5, 0.6) is 5.75 Å². The summed E-state index contributed by atoms with van der Waals surface area (Å²) in [5.74, 6) is 0.549. The Balaban J connectivity index is 0.00000968. The molecule has 2 aromatic rings. The lowest BCUT2D eigenvalue weighted by molar-refractivity contribution is -0.697. The second-order valence-corrected chi connectivity index (χ2v) is 12.9. The lowest BCUT2D eigenvalue weighted by atomic mass is 9.85. The number of imide groups is 1. The zero-order valence-corrected chi connectivity index (χ0v) is 30.6. The Bertz CT molecular complexity index is 1080. The first-order chi connectivity index (χ1) is 20.7. The number of hydrogen-bond donors (Lipinski definition) is 0. The molecule has 0 unspecified atom stereocenters. The highest BCUT2D eigenvalue weighted by atomic mass is 127. The minimum absolute atomic E-state index is 0. The topological polar surface area (TPSA) is 59.7 Å². The maximum absolute atomic E-state index is 12.9. The van der Waals surface area contributed by atoms with Crippen molar-refractivity contribution in [1.82, 2.24) is 4.90 Å². The summed E-state index contributed by atoms with van der Waals surface area (Å²) in [7, 11) is 0. The lowest BCUT2D eigenvalue weighted by Gasteiger charge is -2.24. The first-order valence-corrected chi connectivity index (χ1v) is 16.8. The maximum Gasteiger partial charge on any atom is 0.417 e. The normalized spacial score (nSPS) is 11.1. The van der Waals surface area contributed by atoms with Gasteiger partial charge in [0, 0.05) is 25.5 Å². The largest absolute Gasteiger partial charge is 1.00 e. The van der Waals surface area contributed by atoms with E-state index in [1.54, 1.807) is 0 Å². The van der Waals surface area contributed by atoms with Gasteiger partial charge in [0.1, 0.15) is 18.9 Å². The molecule has 0 saturated heterocycles. The van der Waals surface area contributed by atoms with Gasteiger partial charge in [-0.15, -0.1) is 0 Å². The summed E-state index contributed by atoms with van der Waals surface area (Å²) in [5, 5.41) is 0. The fourth-order valence-corrected chi connectivity index (χ4v) is 5.21. The smallest absolute Gasteiger partial charge is 0.417 e. The van der Waals surface area contributed by atoms with Gasteiger partial charge in [-0.3, -0.25) is 4.79 Å². The van der Waals surface area contributed by atoms with Gasteiger partial charge in [0.05, 0.1) is 13.2 Å². The molecule has 0 fully saturated rings. The van der Waals surface area contributed by atoms with Gasteiger partial charge in [0.15, 0.2) is 12.4 Å². The number of nitrogens with zero attached hydrogens (tertiary/aromatic N) is 2. The molecule has 1 aromatic heterocycles. The Labute approximate surface area is 285 Å². The zero-order valence-electron chi connectivity index (χ0n) is 28.5. The van der Waals surface area contributed by atoms with Gasteiger partial charge >= 0.3 is 6.09 Å². The van der Waals surface area contributed by atoms with E-state index in [0.717, 1.165) is 46.7 Å². The summed E-state index contributed by atoms with van der Waals surface area (Å²) < 4.78 is 13.9. The number of halogens is 1. The highest BCUT2D eigenvalue weighted by Crippen LogP contribution is 2.33. The van der Waals surface area contributed by atoms with Gasteiger partial charge < -0.3 is 33.5 Å². The van der Waals surface area contributed by atoms with Crippen LogP contribution in [0.25, 0.3) is 0 Å². The van der Waals surface area contributed by atoms with Crippen molar-refractivity contribution in [3.05, 3.63) is 59.4 Å². The number of unbranched alkanes of at least 4 members (excludes halogenated alkanes) is 11. The van der Waals surface area contributed by atoms with E-state index in [1.165, 1.54) is 77.6 Å². The van der Waals surface area contributed by atoms with Crippen LogP contribution in [0, 0.1) is 0 Å². The zero-order chi connectivity index (χ0) is 31.5. The highest BCUT2D eigenvalue weighted by Gasteiger charge is 2.23. The number of carbonyl (C=O) groups is 2. The summed E-state index contributed by atoms with van der Waals surface area (Å²) in [4.78, 5) is 26.3. The van der Waals surface area contributed by atoms with Crippen molar-refractivity contribution in [1.29, 1.82) is 0 Å². The molecule has 2 amide bonds. The number of aromatic nitrogens is 1. The fraction of sp³-hybridized carbons (Fsp3) is 0.649. The van der Waals surface area contributed by atoms with Crippen molar-refractivity contribution < 1.29 is 47.6 Å². The Morgan fingerprint density at radius 3 is 1.86 bits per heavy atom. The maximum atomic E-state index is 12.9. The first kappa shape index (κ1) is 39.9. The fourth-order valence-electron chi connectivity index (χ4n) is 5.21. The number of hydrogen-bond acceptors (Lipinski definition) is 4. The first-order valence-electron chi connectivity index (χ1n) is 16.8.